The summed E-state index contributed by atoms with van der Waals surface area (Å²) in [6.07, 6.45) is 1.88. The number of hydrogen-bond acceptors (Lipinski definition) is 4. The number of carbonyl (C=O) groups excluding carboxylic acids is 1. The van der Waals surface area contributed by atoms with E-state index in [-0.39, 0.29) is 6.09 Å². The number of amides is 1. The van der Waals surface area contributed by atoms with Gasteiger partial charge in [0, 0.05) is 25.2 Å². The summed E-state index contributed by atoms with van der Waals surface area (Å²) in [5, 5.41) is 8.65. The van der Waals surface area contributed by atoms with E-state index in [1.165, 1.54) is 5.56 Å². The van der Waals surface area contributed by atoms with Crippen LogP contribution in [0.5, 0.6) is 0 Å². The second-order valence-corrected chi connectivity index (χ2v) is 7.73. The Morgan fingerprint density at radius 1 is 1.22 bits per heavy atom. The van der Waals surface area contributed by atoms with Crippen molar-refractivity contribution in [3.8, 4) is 0 Å². The maximum Gasteiger partial charge on any atom is 0.410 e. The van der Waals surface area contributed by atoms with Gasteiger partial charge in [-0.05, 0) is 51.2 Å². The summed E-state index contributed by atoms with van der Waals surface area (Å²) in [7, 11) is 0. The Bertz CT molecular complexity index is 764. The summed E-state index contributed by atoms with van der Waals surface area (Å²) in [5.74, 6) is 2.40. The standard InChI is InChI=1S/C17H22N4O2/c1-10-5-6-13-18-19-15(21(13)7-10)14-11-8-20(9-12(11)14)16(22)23-17(2,3)4/h5-7,11-12,14H,8-9H2,1-4H3. The van der Waals surface area contributed by atoms with Crippen molar-refractivity contribution < 1.29 is 9.53 Å². The molecule has 6 heteroatoms. The van der Waals surface area contributed by atoms with E-state index in [0.29, 0.717) is 17.8 Å². The molecule has 1 aliphatic carbocycles. The lowest BCUT2D eigenvalue weighted by molar-refractivity contribution is 0.0270. The minimum absolute atomic E-state index is 0.203. The van der Waals surface area contributed by atoms with Crippen LogP contribution in [0.2, 0.25) is 0 Å². The lowest BCUT2D eigenvalue weighted by Crippen LogP contribution is -2.37. The van der Waals surface area contributed by atoms with E-state index in [1.807, 2.05) is 37.8 Å². The van der Waals surface area contributed by atoms with E-state index in [4.69, 9.17) is 4.74 Å². The Hall–Kier alpha value is -2.11. The van der Waals surface area contributed by atoms with Crippen molar-refractivity contribution in [1.29, 1.82) is 0 Å². The highest BCUT2D eigenvalue weighted by Gasteiger charge is 2.59. The van der Waals surface area contributed by atoms with Gasteiger partial charge in [-0.3, -0.25) is 4.40 Å². The van der Waals surface area contributed by atoms with Crippen molar-refractivity contribution in [2.24, 2.45) is 11.8 Å². The molecule has 2 fully saturated rings. The molecule has 1 saturated carbocycles. The molecule has 23 heavy (non-hydrogen) atoms. The summed E-state index contributed by atoms with van der Waals surface area (Å²) in [6, 6.07) is 4.04. The molecule has 122 valence electrons. The number of likely N-dealkylation sites (tertiary alicyclic amines) is 1. The van der Waals surface area contributed by atoms with Crippen LogP contribution in [0.25, 0.3) is 5.65 Å². The summed E-state index contributed by atoms with van der Waals surface area (Å²) >= 11 is 0. The van der Waals surface area contributed by atoms with Gasteiger partial charge in [0.1, 0.15) is 11.4 Å². The van der Waals surface area contributed by atoms with Crippen molar-refractivity contribution >= 4 is 11.7 Å². The van der Waals surface area contributed by atoms with Gasteiger partial charge in [-0.2, -0.15) is 0 Å². The van der Waals surface area contributed by atoms with Gasteiger partial charge in [-0.1, -0.05) is 6.07 Å². The topological polar surface area (TPSA) is 59.7 Å². The molecule has 0 N–H and O–H groups in total. The first-order chi connectivity index (χ1) is 10.8. The molecule has 4 rings (SSSR count). The number of aromatic nitrogens is 3. The highest BCUT2D eigenvalue weighted by molar-refractivity contribution is 5.69. The zero-order valence-electron chi connectivity index (χ0n) is 14.0. The highest BCUT2D eigenvalue weighted by atomic mass is 16.6. The first kappa shape index (κ1) is 14.5. The first-order valence-electron chi connectivity index (χ1n) is 8.13. The molecular formula is C17H22N4O2. The molecule has 2 aliphatic rings. The Labute approximate surface area is 135 Å². The number of aryl methyl sites for hydroxylation is 1. The Balaban J connectivity index is 1.48. The summed E-state index contributed by atoms with van der Waals surface area (Å²) in [5.41, 5.74) is 1.64. The molecule has 2 unspecified atom stereocenters. The molecule has 6 nitrogen and oxygen atoms in total. The normalized spacial score (nSPS) is 26.4. The smallest absolute Gasteiger partial charge is 0.410 e. The van der Waals surface area contributed by atoms with E-state index in [1.54, 1.807) is 0 Å². The third-order valence-corrected chi connectivity index (χ3v) is 4.72. The number of rotatable bonds is 1. The van der Waals surface area contributed by atoms with Crippen LogP contribution in [0.4, 0.5) is 4.79 Å². The van der Waals surface area contributed by atoms with Crippen LogP contribution in [-0.4, -0.2) is 44.3 Å². The SMILES string of the molecule is Cc1ccc2nnc(C3C4CN(C(=O)OC(C)(C)C)CC43)n2c1. The van der Waals surface area contributed by atoms with Gasteiger partial charge in [-0.25, -0.2) is 4.79 Å². The van der Waals surface area contributed by atoms with Crippen molar-refractivity contribution in [3.05, 3.63) is 29.7 Å². The van der Waals surface area contributed by atoms with Gasteiger partial charge in [0.15, 0.2) is 5.65 Å². The monoisotopic (exact) mass is 314 g/mol. The number of fused-ring (bicyclic) bond motifs is 2. The number of hydrogen-bond donors (Lipinski definition) is 0. The fourth-order valence-electron chi connectivity index (χ4n) is 3.63. The van der Waals surface area contributed by atoms with Gasteiger partial charge >= 0.3 is 6.09 Å². The van der Waals surface area contributed by atoms with Crippen molar-refractivity contribution in [2.45, 2.75) is 39.2 Å². The molecular weight excluding hydrogens is 292 g/mol. The number of pyridine rings is 1. The molecule has 2 atom stereocenters. The summed E-state index contributed by atoms with van der Waals surface area (Å²) in [4.78, 5) is 14.0. The molecule has 0 bridgehead atoms. The molecule has 2 aromatic rings. The second-order valence-electron chi connectivity index (χ2n) is 7.73. The van der Waals surface area contributed by atoms with Crippen LogP contribution < -0.4 is 0 Å². The zero-order chi connectivity index (χ0) is 16.4. The van der Waals surface area contributed by atoms with Crippen LogP contribution in [0, 0.1) is 18.8 Å². The van der Waals surface area contributed by atoms with E-state index < -0.39 is 5.60 Å². The van der Waals surface area contributed by atoms with Crippen molar-refractivity contribution in [1.82, 2.24) is 19.5 Å². The van der Waals surface area contributed by atoms with Gasteiger partial charge in [0.25, 0.3) is 0 Å². The second kappa shape index (κ2) is 4.69. The largest absolute Gasteiger partial charge is 0.444 e. The Kier molecular flexibility index (Phi) is 2.95. The molecule has 0 aromatic carbocycles. The fraction of sp³-hybridized carbons (Fsp3) is 0.588. The van der Waals surface area contributed by atoms with Crippen LogP contribution in [0.1, 0.15) is 38.1 Å². The highest BCUT2D eigenvalue weighted by Crippen LogP contribution is 2.57. The summed E-state index contributed by atoms with van der Waals surface area (Å²) in [6.45, 7) is 9.27. The quantitative estimate of drug-likeness (QED) is 0.812. The predicted octanol–water partition coefficient (Wildman–Crippen LogP) is 2.62. The Morgan fingerprint density at radius 3 is 2.57 bits per heavy atom. The summed E-state index contributed by atoms with van der Waals surface area (Å²) < 4.78 is 7.55. The Morgan fingerprint density at radius 2 is 1.91 bits per heavy atom. The lowest BCUT2D eigenvalue weighted by atomic mass is 10.2. The first-order valence-corrected chi connectivity index (χ1v) is 8.13. The average Bonchev–Trinajstić information content (AvgIpc) is 2.85. The maximum absolute atomic E-state index is 12.1. The molecule has 1 amide bonds. The van der Waals surface area contributed by atoms with Crippen molar-refractivity contribution in [3.63, 3.8) is 0 Å². The minimum atomic E-state index is -0.440. The fourth-order valence-corrected chi connectivity index (χ4v) is 3.63. The van der Waals surface area contributed by atoms with Crippen LogP contribution >= 0.6 is 0 Å². The van der Waals surface area contributed by atoms with E-state index >= 15 is 0 Å². The number of carbonyl (C=O) groups is 1. The van der Waals surface area contributed by atoms with E-state index in [0.717, 1.165) is 24.6 Å². The van der Waals surface area contributed by atoms with E-state index in [9.17, 15) is 4.79 Å². The lowest BCUT2D eigenvalue weighted by Gasteiger charge is -2.25. The average molecular weight is 314 g/mol. The van der Waals surface area contributed by atoms with E-state index in [2.05, 4.69) is 27.7 Å². The van der Waals surface area contributed by atoms with Gasteiger partial charge in [0.2, 0.25) is 0 Å². The van der Waals surface area contributed by atoms with Crippen LogP contribution in [-0.2, 0) is 4.74 Å². The number of ether oxygens (including phenoxy) is 1. The molecule has 1 aliphatic heterocycles. The van der Waals surface area contributed by atoms with Crippen molar-refractivity contribution in [2.75, 3.05) is 13.1 Å². The molecule has 1 saturated heterocycles. The molecule has 2 aromatic heterocycles. The van der Waals surface area contributed by atoms with Gasteiger partial charge in [0.05, 0.1) is 0 Å². The number of nitrogens with zero attached hydrogens (tertiary/aromatic N) is 4. The molecule has 0 radical (unpaired) electrons. The zero-order valence-corrected chi connectivity index (χ0v) is 14.0. The molecule has 0 spiro atoms. The van der Waals surface area contributed by atoms with Gasteiger partial charge in [-0.15, -0.1) is 10.2 Å². The van der Waals surface area contributed by atoms with Gasteiger partial charge < -0.3 is 9.64 Å². The molecule has 3 heterocycles. The maximum atomic E-state index is 12.1. The third-order valence-electron chi connectivity index (χ3n) is 4.72. The van der Waals surface area contributed by atoms with Crippen LogP contribution in [0.3, 0.4) is 0 Å². The minimum Gasteiger partial charge on any atom is -0.444 e. The third kappa shape index (κ3) is 2.46. The predicted molar refractivity (Wildman–Crippen MR) is 85.3 cm³/mol. The van der Waals surface area contributed by atoms with Crippen LogP contribution in [0.15, 0.2) is 18.3 Å². The number of piperidine rings is 1.